The topological polar surface area (TPSA) is 79.9 Å². The van der Waals surface area contributed by atoms with E-state index in [9.17, 15) is 15.0 Å². The molecule has 2 aromatic carbocycles. The second-order valence-electron chi connectivity index (χ2n) is 9.41. The summed E-state index contributed by atoms with van der Waals surface area (Å²) in [6.45, 7) is 10.1. The van der Waals surface area contributed by atoms with Gasteiger partial charge in [0.25, 0.3) is 0 Å². The molecule has 3 aromatic rings. The lowest BCUT2D eigenvalue weighted by Gasteiger charge is -2.33. The molecule has 2 N–H and O–H groups in total. The van der Waals surface area contributed by atoms with E-state index in [1.165, 1.54) is 11.6 Å². The fraction of sp³-hybridized carbons (Fsp3) is 0.321. The van der Waals surface area contributed by atoms with Gasteiger partial charge in [0.05, 0.1) is 10.9 Å². The normalized spacial score (nSPS) is 17.0. The summed E-state index contributed by atoms with van der Waals surface area (Å²) >= 11 is 0. The number of hydrogen-bond acceptors (Lipinski definition) is 5. The van der Waals surface area contributed by atoms with Gasteiger partial charge in [-0.25, -0.2) is 0 Å². The highest BCUT2D eigenvalue weighted by Gasteiger charge is 2.33. The quantitative estimate of drug-likeness (QED) is 0.334. The summed E-state index contributed by atoms with van der Waals surface area (Å²) in [4.78, 5) is 13.4. The van der Waals surface area contributed by atoms with Crippen LogP contribution in [0.3, 0.4) is 0 Å². The summed E-state index contributed by atoms with van der Waals surface area (Å²) in [5, 5.41) is 21.8. The van der Waals surface area contributed by atoms with Gasteiger partial charge >= 0.3 is 0 Å². The molecule has 1 aliphatic heterocycles. The number of phenols is 2. The molecule has 1 atom stereocenters. The number of hydrogen-bond donors (Lipinski definition) is 2. The number of fused-ring (bicyclic) bond motifs is 3. The number of aromatic hydroxyl groups is 2. The monoisotopic (exact) mass is 446 g/mol. The van der Waals surface area contributed by atoms with Crippen LogP contribution in [-0.2, 0) is 6.42 Å². The number of ether oxygens (including phenoxy) is 1. The van der Waals surface area contributed by atoms with Crippen molar-refractivity contribution >= 4 is 28.0 Å². The van der Waals surface area contributed by atoms with Crippen molar-refractivity contribution in [3.05, 3.63) is 68.9 Å². The Hall–Kier alpha value is -3.47. The van der Waals surface area contributed by atoms with Gasteiger partial charge in [-0.05, 0) is 78.2 Å². The Labute approximate surface area is 193 Å². The van der Waals surface area contributed by atoms with Crippen LogP contribution in [0.15, 0.2) is 56.8 Å². The summed E-state index contributed by atoms with van der Waals surface area (Å²) in [7, 11) is 0. The summed E-state index contributed by atoms with van der Waals surface area (Å²) in [6.07, 6.45) is 10.1. The number of benzene rings is 2. The molecule has 0 radical (unpaired) electrons. The van der Waals surface area contributed by atoms with Crippen molar-refractivity contribution in [3.63, 3.8) is 0 Å². The highest BCUT2D eigenvalue weighted by Crippen LogP contribution is 2.46. The molecule has 0 saturated carbocycles. The standard InChI is InChI=1S/C28H30O5/c1-16(2)8-7-14-28(5)15-13-19-24(31)22-23(30)18-9-6-10-21(29)26(18)32-27(22)20(25(19)33-28)12-11-17(3)4/h6,8-11,13,15,29,31H,7,12,14H2,1-5H3/t28-/m1/s1. The number of rotatable bonds is 5. The Kier molecular flexibility index (Phi) is 5.83. The van der Waals surface area contributed by atoms with E-state index in [4.69, 9.17) is 9.15 Å². The fourth-order valence-corrected chi connectivity index (χ4v) is 4.21. The summed E-state index contributed by atoms with van der Waals surface area (Å²) in [5.74, 6) is 0.226. The van der Waals surface area contributed by atoms with E-state index < -0.39 is 5.60 Å². The summed E-state index contributed by atoms with van der Waals surface area (Å²) in [6, 6.07) is 4.65. The van der Waals surface area contributed by atoms with Gasteiger partial charge in [0.15, 0.2) is 11.3 Å². The van der Waals surface area contributed by atoms with Crippen LogP contribution < -0.4 is 10.2 Å². The minimum atomic E-state index is -0.571. The number of phenolic OH excluding ortho intramolecular Hbond substituents is 2. The zero-order chi connectivity index (χ0) is 23.9. The predicted octanol–water partition coefficient (Wildman–Crippen LogP) is 6.78. The van der Waals surface area contributed by atoms with Gasteiger partial charge in [-0.2, -0.15) is 0 Å². The fourth-order valence-electron chi connectivity index (χ4n) is 4.21. The van der Waals surface area contributed by atoms with Gasteiger partial charge < -0.3 is 19.4 Å². The predicted molar refractivity (Wildman–Crippen MR) is 133 cm³/mol. The maximum absolute atomic E-state index is 13.4. The van der Waals surface area contributed by atoms with Gasteiger partial charge in [0, 0.05) is 5.56 Å². The van der Waals surface area contributed by atoms with Crippen LogP contribution in [0.25, 0.3) is 28.0 Å². The number of allylic oxidation sites excluding steroid dienone is 4. The molecule has 0 fully saturated rings. The van der Waals surface area contributed by atoms with Crippen LogP contribution in [0, 0.1) is 0 Å². The Morgan fingerprint density at radius 3 is 2.48 bits per heavy atom. The molecule has 0 bridgehead atoms. The molecule has 0 spiro atoms. The van der Waals surface area contributed by atoms with Crippen molar-refractivity contribution in [3.8, 4) is 17.2 Å². The lowest BCUT2D eigenvalue weighted by Crippen LogP contribution is -2.32. The van der Waals surface area contributed by atoms with Crippen molar-refractivity contribution in [2.24, 2.45) is 0 Å². The Morgan fingerprint density at radius 2 is 1.79 bits per heavy atom. The molecule has 33 heavy (non-hydrogen) atoms. The van der Waals surface area contributed by atoms with Crippen LogP contribution in [0.5, 0.6) is 17.2 Å². The van der Waals surface area contributed by atoms with E-state index in [1.807, 2.05) is 39.0 Å². The minimum absolute atomic E-state index is 0.102. The molecule has 172 valence electrons. The van der Waals surface area contributed by atoms with E-state index in [2.05, 4.69) is 19.9 Å². The zero-order valence-electron chi connectivity index (χ0n) is 19.8. The third-order valence-corrected chi connectivity index (χ3v) is 6.03. The first-order valence-corrected chi connectivity index (χ1v) is 11.2. The molecule has 0 unspecified atom stereocenters. The first-order chi connectivity index (χ1) is 15.6. The summed E-state index contributed by atoms with van der Waals surface area (Å²) in [5.41, 5.74) is 2.90. The number of para-hydroxylation sites is 1. The molecule has 1 aromatic heterocycles. The molecule has 0 saturated heterocycles. The second kappa shape index (κ2) is 8.47. The molecule has 4 rings (SSSR count). The first-order valence-electron chi connectivity index (χ1n) is 11.2. The maximum atomic E-state index is 13.4. The Morgan fingerprint density at radius 1 is 1.06 bits per heavy atom. The molecule has 5 heteroatoms. The zero-order valence-corrected chi connectivity index (χ0v) is 19.8. The van der Waals surface area contributed by atoms with Gasteiger partial charge in [-0.3, -0.25) is 4.79 Å². The van der Waals surface area contributed by atoms with Crippen LogP contribution in [-0.4, -0.2) is 15.8 Å². The van der Waals surface area contributed by atoms with Crippen LogP contribution in [0.4, 0.5) is 0 Å². The lowest BCUT2D eigenvalue weighted by molar-refractivity contribution is 0.127. The maximum Gasteiger partial charge on any atom is 0.204 e. The van der Waals surface area contributed by atoms with E-state index in [0.29, 0.717) is 23.3 Å². The van der Waals surface area contributed by atoms with Gasteiger partial charge in [0.2, 0.25) is 5.43 Å². The van der Waals surface area contributed by atoms with Crippen molar-refractivity contribution in [1.82, 2.24) is 0 Å². The first kappa shape index (κ1) is 22.7. The smallest absolute Gasteiger partial charge is 0.204 e. The molecule has 1 aliphatic rings. The van der Waals surface area contributed by atoms with Crippen LogP contribution in [0.2, 0.25) is 0 Å². The van der Waals surface area contributed by atoms with Gasteiger partial charge in [0.1, 0.15) is 28.1 Å². The van der Waals surface area contributed by atoms with E-state index in [-0.39, 0.29) is 38.9 Å². The average molecular weight is 447 g/mol. The molecular weight excluding hydrogens is 416 g/mol. The molecule has 2 heterocycles. The molecule has 0 amide bonds. The highest BCUT2D eigenvalue weighted by atomic mass is 16.5. The third-order valence-electron chi connectivity index (χ3n) is 6.03. The lowest BCUT2D eigenvalue weighted by atomic mass is 9.91. The SMILES string of the molecule is CC(C)=CCC[C@]1(C)C=Cc2c(c(CC=C(C)C)c3oc4c(O)cccc4c(=O)c3c2O)O1. The Balaban J connectivity index is 2.01. The largest absolute Gasteiger partial charge is 0.506 e. The van der Waals surface area contributed by atoms with Crippen molar-refractivity contribution in [1.29, 1.82) is 0 Å². The average Bonchev–Trinajstić information content (AvgIpc) is 2.73. The molecular formula is C28H30O5. The van der Waals surface area contributed by atoms with Crippen molar-refractivity contribution < 1.29 is 19.4 Å². The summed E-state index contributed by atoms with van der Waals surface area (Å²) < 4.78 is 12.6. The van der Waals surface area contributed by atoms with Gasteiger partial charge in [-0.15, -0.1) is 0 Å². The van der Waals surface area contributed by atoms with Crippen molar-refractivity contribution in [2.45, 2.75) is 59.5 Å². The van der Waals surface area contributed by atoms with Crippen molar-refractivity contribution in [2.75, 3.05) is 0 Å². The second-order valence-corrected chi connectivity index (χ2v) is 9.41. The van der Waals surface area contributed by atoms with E-state index in [1.54, 1.807) is 12.1 Å². The van der Waals surface area contributed by atoms with Crippen LogP contribution in [0.1, 0.15) is 58.6 Å². The minimum Gasteiger partial charge on any atom is -0.506 e. The highest BCUT2D eigenvalue weighted by molar-refractivity contribution is 6.00. The third kappa shape index (κ3) is 4.15. The van der Waals surface area contributed by atoms with Gasteiger partial charge in [-0.1, -0.05) is 29.4 Å². The Bertz CT molecular complexity index is 1400. The molecule has 0 aliphatic carbocycles. The van der Waals surface area contributed by atoms with Crippen LogP contribution >= 0.6 is 0 Å². The van der Waals surface area contributed by atoms with E-state index >= 15 is 0 Å². The van der Waals surface area contributed by atoms with E-state index in [0.717, 1.165) is 18.4 Å². The molecule has 5 nitrogen and oxygen atoms in total.